The SMILES string of the molecule is CC(=O)NC[C@H]1C[C@@H]1C(=O)N[C@H](c1c(F)ccc(Cl)c1Cl)C1(C)CCCC1. The first-order valence-corrected chi connectivity index (χ1v) is 10.2. The summed E-state index contributed by atoms with van der Waals surface area (Å²) < 4.78 is 14.7. The number of rotatable bonds is 6. The van der Waals surface area contributed by atoms with Crippen molar-refractivity contribution >= 4 is 35.0 Å². The molecule has 3 rings (SSSR count). The van der Waals surface area contributed by atoms with E-state index >= 15 is 0 Å². The van der Waals surface area contributed by atoms with Gasteiger partial charge in [-0.05, 0) is 42.7 Å². The van der Waals surface area contributed by atoms with Crippen LogP contribution in [0.5, 0.6) is 0 Å². The van der Waals surface area contributed by atoms with Gasteiger partial charge in [0, 0.05) is 24.9 Å². The highest BCUT2D eigenvalue weighted by Gasteiger charge is 2.47. The number of benzene rings is 1. The normalized spacial score (nSPS) is 24.3. The van der Waals surface area contributed by atoms with E-state index in [-0.39, 0.29) is 44.7 Å². The van der Waals surface area contributed by atoms with Crippen molar-refractivity contribution in [3.63, 3.8) is 0 Å². The fourth-order valence-electron chi connectivity index (χ4n) is 4.19. The monoisotopic (exact) mass is 414 g/mol. The number of carbonyl (C=O) groups is 2. The van der Waals surface area contributed by atoms with Gasteiger partial charge < -0.3 is 10.6 Å². The van der Waals surface area contributed by atoms with Gasteiger partial charge in [0.2, 0.25) is 11.8 Å². The van der Waals surface area contributed by atoms with Gasteiger partial charge in [-0.3, -0.25) is 9.59 Å². The maximum atomic E-state index is 14.7. The molecule has 2 aliphatic rings. The van der Waals surface area contributed by atoms with Crippen molar-refractivity contribution in [2.75, 3.05) is 6.54 Å². The van der Waals surface area contributed by atoms with E-state index in [4.69, 9.17) is 23.2 Å². The Morgan fingerprint density at radius 3 is 2.59 bits per heavy atom. The molecule has 1 aromatic rings. The second-order valence-corrected chi connectivity index (χ2v) is 8.88. The maximum absolute atomic E-state index is 14.7. The molecule has 7 heteroatoms. The third-order valence-electron chi connectivity index (χ3n) is 5.97. The number of halogens is 3. The molecule has 2 saturated carbocycles. The van der Waals surface area contributed by atoms with Crippen molar-refractivity contribution < 1.29 is 14.0 Å². The molecule has 0 heterocycles. The lowest BCUT2D eigenvalue weighted by atomic mass is 9.77. The van der Waals surface area contributed by atoms with Crippen LogP contribution < -0.4 is 10.6 Å². The van der Waals surface area contributed by atoms with Crippen LogP contribution in [-0.4, -0.2) is 18.4 Å². The Kier molecular flexibility index (Phi) is 6.02. The first-order valence-electron chi connectivity index (χ1n) is 9.41. The summed E-state index contributed by atoms with van der Waals surface area (Å²) in [6.07, 6.45) is 4.58. The summed E-state index contributed by atoms with van der Waals surface area (Å²) in [6, 6.07) is 2.21. The fourth-order valence-corrected chi connectivity index (χ4v) is 4.62. The topological polar surface area (TPSA) is 58.2 Å². The predicted octanol–water partition coefficient (Wildman–Crippen LogP) is 4.64. The van der Waals surface area contributed by atoms with Gasteiger partial charge in [0.05, 0.1) is 16.1 Å². The van der Waals surface area contributed by atoms with Crippen LogP contribution >= 0.6 is 23.2 Å². The van der Waals surface area contributed by atoms with Crippen molar-refractivity contribution in [2.45, 2.75) is 52.0 Å². The minimum absolute atomic E-state index is 0.106. The van der Waals surface area contributed by atoms with Gasteiger partial charge in [-0.25, -0.2) is 4.39 Å². The Labute approximate surface area is 169 Å². The third-order valence-corrected chi connectivity index (χ3v) is 6.79. The third kappa shape index (κ3) is 4.40. The molecule has 0 spiro atoms. The van der Waals surface area contributed by atoms with E-state index in [0.717, 1.165) is 32.1 Å². The van der Waals surface area contributed by atoms with E-state index in [1.54, 1.807) is 0 Å². The van der Waals surface area contributed by atoms with Crippen LogP contribution in [0.1, 0.15) is 57.6 Å². The molecular weight excluding hydrogens is 390 g/mol. The number of hydrogen-bond acceptors (Lipinski definition) is 2. The molecule has 2 aliphatic carbocycles. The van der Waals surface area contributed by atoms with Gasteiger partial charge in [0.25, 0.3) is 0 Å². The fraction of sp³-hybridized carbons (Fsp3) is 0.600. The van der Waals surface area contributed by atoms with Gasteiger partial charge in [-0.2, -0.15) is 0 Å². The number of hydrogen-bond donors (Lipinski definition) is 2. The highest BCUT2D eigenvalue weighted by molar-refractivity contribution is 6.42. The molecule has 2 fully saturated rings. The molecule has 2 N–H and O–H groups in total. The molecular formula is C20H25Cl2FN2O2. The summed E-state index contributed by atoms with van der Waals surface area (Å²) in [5.74, 6) is -0.700. The largest absolute Gasteiger partial charge is 0.356 e. The number of nitrogens with one attached hydrogen (secondary N) is 2. The minimum atomic E-state index is -0.527. The van der Waals surface area contributed by atoms with Crippen molar-refractivity contribution in [1.82, 2.24) is 10.6 Å². The second-order valence-electron chi connectivity index (χ2n) is 8.10. The predicted molar refractivity (Wildman–Crippen MR) is 104 cm³/mol. The van der Waals surface area contributed by atoms with Gasteiger partial charge in [0.15, 0.2) is 0 Å². The Morgan fingerprint density at radius 1 is 1.30 bits per heavy atom. The zero-order valence-electron chi connectivity index (χ0n) is 15.6. The molecule has 0 aliphatic heterocycles. The summed E-state index contributed by atoms with van der Waals surface area (Å²) in [5.41, 5.74) is 0.00769. The van der Waals surface area contributed by atoms with Crippen LogP contribution in [-0.2, 0) is 9.59 Å². The molecule has 2 amide bonds. The highest BCUT2D eigenvalue weighted by atomic mass is 35.5. The molecule has 0 bridgehead atoms. The van der Waals surface area contributed by atoms with E-state index in [1.165, 1.54) is 19.1 Å². The zero-order chi connectivity index (χ0) is 19.8. The quantitative estimate of drug-likeness (QED) is 0.665. The van der Waals surface area contributed by atoms with Crippen LogP contribution in [0.3, 0.4) is 0 Å². The van der Waals surface area contributed by atoms with Gasteiger partial charge in [0.1, 0.15) is 5.82 Å². The van der Waals surface area contributed by atoms with Crippen LogP contribution in [0.2, 0.25) is 10.0 Å². The molecule has 27 heavy (non-hydrogen) atoms. The van der Waals surface area contributed by atoms with E-state index in [2.05, 4.69) is 17.6 Å². The average molecular weight is 415 g/mol. The maximum Gasteiger partial charge on any atom is 0.223 e. The van der Waals surface area contributed by atoms with Crippen LogP contribution in [0, 0.1) is 23.1 Å². The highest BCUT2D eigenvalue weighted by Crippen LogP contribution is 2.50. The van der Waals surface area contributed by atoms with Crippen LogP contribution in [0.4, 0.5) is 4.39 Å². The van der Waals surface area contributed by atoms with Gasteiger partial charge >= 0.3 is 0 Å². The zero-order valence-corrected chi connectivity index (χ0v) is 17.1. The Balaban J connectivity index is 1.82. The molecule has 148 valence electrons. The van der Waals surface area contributed by atoms with Crippen molar-refractivity contribution in [2.24, 2.45) is 17.3 Å². The van der Waals surface area contributed by atoms with Gasteiger partial charge in [-0.15, -0.1) is 0 Å². The molecule has 4 nitrogen and oxygen atoms in total. The van der Waals surface area contributed by atoms with E-state index in [1.807, 2.05) is 0 Å². The Morgan fingerprint density at radius 2 is 1.96 bits per heavy atom. The second kappa shape index (κ2) is 7.96. The summed E-state index contributed by atoms with van der Waals surface area (Å²) in [6.45, 7) is 4.02. The number of carbonyl (C=O) groups excluding carboxylic acids is 2. The molecule has 0 aromatic heterocycles. The van der Waals surface area contributed by atoms with Crippen LogP contribution in [0.25, 0.3) is 0 Å². The summed E-state index contributed by atoms with van der Waals surface area (Å²) in [5, 5.41) is 6.27. The first kappa shape index (κ1) is 20.4. The smallest absolute Gasteiger partial charge is 0.223 e. The minimum Gasteiger partial charge on any atom is -0.356 e. The van der Waals surface area contributed by atoms with Crippen molar-refractivity contribution in [3.05, 3.63) is 33.6 Å². The van der Waals surface area contributed by atoms with Crippen molar-refractivity contribution in [3.8, 4) is 0 Å². The van der Waals surface area contributed by atoms with Crippen molar-refractivity contribution in [1.29, 1.82) is 0 Å². The van der Waals surface area contributed by atoms with E-state index in [9.17, 15) is 14.0 Å². The summed E-state index contributed by atoms with van der Waals surface area (Å²) in [4.78, 5) is 23.9. The molecule has 0 radical (unpaired) electrons. The molecule has 0 saturated heterocycles. The van der Waals surface area contributed by atoms with E-state index in [0.29, 0.717) is 6.54 Å². The number of amides is 2. The Hall–Kier alpha value is -1.33. The first-order chi connectivity index (χ1) is 12.7. The lowest BCUT2D eigenvalue weighted by molar-refractivity contribution is -0.124. The molecule has 3 atom stereocenters. The lowest BCUT2D eigenvalue weighted by Gasteiger charge is -2.36. The molecule has 1 aromatic carbocycles. The molecule has 0 unspecified atom stereocenters. The van der Waals surface area contributed by atoms with Gasteiger partial charge in [-0.1, -0.05) is 43.0 Å². The summed E-state index contributed by atoms with van der Waals surface area (Å²) >= 11 is 12.5. The lowest BCUT2D eigenvalue weighted by Crippen LogP contribution is -2.40. The Bertz CT molecular complexity index is 750. The van der Waals surface area contributed by atoms with Crippen LogP contribution in [0.15, 0.2) is 12.1 Å². The van der Waals surface area contributed by atoms with E-state index < -0.39 is 11.9 Å². The summed E-state index contributed by atoms with van der Waals surface area (Å²) in [7, 11) is 0. The average Bonchev–Trinajstić information content (AvgIpc) is 3.27. The standard InChI is InChI=1S/C20H25Cl2FN2O2/c1-11(26)24-10-12-9-13(12)19(27)25-18(20(2)7-3-4-8-20)16-15(23)6-5-14(21)17(16)22/h5-6,12-13,18H,3-4,7-10H2,1-2H3,(H,24,26)(H,25,27)/t12-,13+,18-/m1/s1.